The molecule has 1 aliphatic heterocycles. The average Bonchev–Trinajstić information content (AvgIpc) is 2.40. The summed E-state index contributed by atoms with van der Waals surface area (Å²) in [6.07, 6.45) is 0.937. The Hall–Kier alpha value is -1.93. The molecule has 1 N–H and O–H groups in total. The van der Waals surface area contributed by atoms with Gasteiger partial charge < -0.3 is 10.1 Å². The molecule has 94 valence electrons. The fourth-order valence-electron chi connectivity index (χ4n) is 1.88. The summed E-state index contributed by atoms with van der Waals surface area (Å²) in [5, 5.41) is 11.9. The molecule has 1 aromatic rings. The Morgan fingerprint density at radius 2 is 1.94 bits per heavy atom. The van der Waals surface area contributed by atoms with Crippen molar-refractivity contribution in [3.05, 3.63) is 35.6 Å². The van der Waals surface area contributed by atoms with Crippen molar-refractivity contribution < 1.29 is 13.9 Å². The molecular formula is C13H13FN2O2. The maximum absolute atomic E-state index is 12.7. The molecule has 0 spiro atoms. The van der Waals surface area contributed by atoms with Crippen molar-refractivity contribution in [2.45, 2.75) is 18.4 Å². The molecular weight excluding hydrogens is 235 g/mol. The quantitative estimate of drug-likeness (QED) is 0.865. The van der Waals surface area contributed by atoms with Crippen molar-refractivity contribution in [3.8, 4) is 6.07 Å². The monoisotopic (exact) mass is 248 g/mol. The number of nitrogens with one attached hydrogen (secondary N) is 1. The topological polar surface area (TPSA) is 62.1 Å². The number of amides is 1. The van der Waals surface area contributed by atoms with Crippen molar-refractivity contribution in [1.29, 1.82) is 5.26 Å². The van der Waals surface area contributed by atoms with E-state index in [0.717, 1.165) is 0 Å². The predicted octanol–water partition coefficient (Wildman–Crippen LogP) is 1.63. The Labute approximate surface area is 104 Å². The van der Waals surface area contributed by atoms with E-state index in [2.05, 4.69) is 11.4 Å². The van der Waals surface area contributed by atoms with Crippen molar-refractivity contribution in [2.24, 2.45) is 0 Å². The summed E-state index contributed by atoms with van der Waals surface area (Å²) in [5.74, 6) is -0.758. The molecule has 1 saturated heterocycles. The molecule has 1 aromatic carbocycles. The maximum Gasteiger partial charge on any atom is 0.252 e. The van der Waals surface area contributed by atoms with Gasteiger partial charge in [-0.1, -0.05) is 0 Å². The smallest absolute Gasteiger partial charge is 0.252 e. The number of carbonyl (C=O) groups is 1. The first-order valence-corrected chi connectivity index (χ1v) is 5.72. The summed E-state index contributed by atoms with van der Waals surface area (Å²) >= 11 is 0. The van der Waals surface area contributed by atoms with Gasteiger partial charge in [0.05, 0.1) is 6.07 Å². The van der Waals surface area contributed by atoms with Crippen LogP contribution in [0.15, 0.2) is 24.3 Å². The first-order valence-electron chi connectivity index (χ1n) is 5.72. The lowest BCUT2D eigenvalue weighted by atomic mass is 9.91. The molecule has 0 unspecified atom stereocenters. The minimum absolute atomic E-state index is 0.345. The number of benzene rings is 1. The van der Waals surface area contributed by atoms with Gasteiger partial charge in [0.2, 0.25) is 0 Å². The third-order valence-electron chi connectivity index (χ3n) is 3.02. The van der Waals surface area contributed by atoms with Crippen LogP contribution < -0.4 is 5.32 Å². The van der Waals surface area contributed by atoms with E-state index in [4.69, 9.17) is 4.74 Å². The summed E-state index contributed by atoms with van der Waals surface area (Å²) < 4.78 is 17.9. The third-order valence-corrected chi connectivity index (χ3v) is 3.02. The zero-order valence-corrected chi connectivity index (χ0v) is 9.78. The minimum atomic E-state index is -0.871. The van der Waals surface area contributed by atoms with Crippen molar-refractivity contribution in [3.63, 3.8) is 0 Å². The lowest BCUT2D eigenvalue weighted by Crippen LogP contribution is -2.50. The highest BCUT2D eigenvalue weighted by atomic mass is 19.1. The molecule has 0 aliphatic carbocycles. The normalized spacial score (nSPS) is 17.8. The first kappa shape index (κ1) is 12.5. The third kappa shape index (κ3) is 2.66. The van der Waals surface area contributed by atoms with Crippen molar-refractivity contribution >= 4 is 5.91 Å². The maximum atomic E-state index is 12.7. The Kier molecular flexibility index (Phi) is 3.58. The van der Waals surface area contributed by atoms with Crippen LogP contribution in [0.3, 0.4) is 0 Å². The molecule has 0 aromatic heterocycles. The predicted molar refractivity (Wildman–Crippen MR) is 62.3 cm³/mol. The average molecular weight is 248 g/mol. The fraction of sp³-hybridized carbons (Fsp3) is 0.385. The van der Waals surface area contributed by atoms with Crippen LogP contribution in [0.4, 0.5) is 4.39 Å². The molecule has 18 heavy (non-hydrogen) atoms. The number of hydrogen-bond donors (Lipinski definition) is 1. The van der Waals surface area contributed by atoms with E-state index < -0.39 is 11.4 Å². The zero-order chi connectivity index (χ0) is 13.0. The van der Waals surface area contributed by atoms with Gasteiger partial charge in [0.25, 0.3) is 5.91 Å². The summed E-state index contributed by atoms with van der Waals surface area (Å²) in [6.45, 7) is 0.911. The molecule has 0 saturated carbocycles. The van der Waals surface area contributed by atoms with E-state index in [1.807, 2.05) is 0 Å². The molecule has 0 atom stereocenters. The standard InChI is InChI=1S/C13H13FN2O2/c14-11-3-1-10(2-4-11)12(17)16-13(9-15)5-7-18-8-6-13/h1-4H,5-8H2,(H,16,17). The summed E-state index contributed by atoms with van der Waals surface area (Å²) in [4.78, 5) is 12.0. The minimum Gasteiger partial charge on any atom is -0.381 e. The van der Waals surface area contributed by atoms with Gasteiger partial charge >= 0.3 is 0 Å². The second-order valence-corrected chi connectivity index (χ2v) is 4.27. The highest BCUT2D eigenvalue weighted by Gasteiger charge is 2.34. The second kappa shape index (κ2) is 5.15. The Morgan fingerprint density at radius 1 is 1.33 bits per heavy atom. The van der Waals surface area contributed by atoms with Crippen LogP contribution >= 0.6 is 0 Å². The molecule has 1 amide bonds. The van der Waals surface area contributed by atoms with Crippen LogP contribution in [-0.4, -0.2) is 24.7 Å². The SMILES string of the molecule is N#CC1(NC(=O)c2ccc(F)cc2)CCOCC1. The van der Waals surface area contributed by atoms with Gasteiger partial charge in [-0.3, -0.25) is 4.79 Å². The molecule has 1 aliphatic rings. The second-order valence-electron chi connectivity index (χ2n) is 4.27. The van der Waals surface area contributed by atoms with Gasteiger partial charge in [-0.2, -0.15) is 5.26 Å². The lowest BCUT2D eigenvalue weighted by molar-refractivity contribution is 0.0531. The van der Waals surface area contributed by atoms with E-state index in [0.29, 0.717) is 31.6 Å². The number of carbonyl (C=O) groups excluding carboxylic acids is 1. The molecule has 4 nitrogen and oxygen atoms in total. The lowest BCUT2D eigenvalue weighted by Gasteiger charge is -2.31. The number of rotatable bonds is 2. The first-order chi connectivity index (χ1) is 8.65. The summed E-state index contributed by atoms with van der Waals surface area (Å²) in [5.41, 5.74) is -0.526. The van der Waals surface area contributed by atoms with Crippen LogP contribution in [-0.2, 0) is 4.74 Å². The van der Waals surface area contributed by atoms with E-state index >= 15 is 0 Å². The van der Waals surface area contributed by atoms with E-state index in [9.17, 15) is 14.4 Å². The zero-order valence-electron chi connectivity index (χ0n) is 9.78. The highest BCUT2D eigenvalue weighted by Crippen LogP contribution is 2.20. The van der Waals surface area contributed by atoms with E-state index in [-0.39, 0.29) is 5.91 Å². The largest absolute Gasteiger partial charge is 0.381 e. The molecule has 2 rings (SSSR count). The van der Waals surface area contributed by atoms with E-state index in [1.54, 1.807) is 0 Å². The van der Waals surface area contributed by atoms with Crippen LogP contribution in [0.5, 0.6) is 0 Å². The number of nitriles is 1. The molecule has 0 bridgehead atoms. The fourth-order valence-corrected chi connectivity index (χ4v) is 1.88. The Morgan fingerprint density at radius 3 is 2.50 bits per heavy atom. The van der Waals surface area contributed by atoms with Crippen LogP contribution in [0, 0.1) is 17.1 Å². The van der Waals surface area contributed by atoms with Crippen molar-refractivity contribution in [1.82, 2.24) is 5.32 Å². The van der Waals surface area contributed by atoms with Gasteiger partial charge in [-0.05, 0) is 24.3 Å². The summed E-state index contributed by atoms with van der Waals surface area (Å²) in [6, 6.07) is 7.38. The number of halogens is 1. The van der Waals surface area contributed by atoms with E-state index in [1.165, 1.54) is 24.3 Å². The van der Waals surface area contributed by atoms with Gasteiger partial charge in [0.15, 0.2) is 0 Å². The summed E-state index contributed by atoms with van der Waals surface area (Å²) in [7, 11) is 0. The van der Waals surface area contributed by atoms with Crippen LogP contribution in [0.25, 0.3) is 0 Å². The number of ether oxygens (including phenoxy) is 1. The molecule has 1 fully saturated rings. The highest BCUT2D eigenvalue weighted by molar-refractivity contribution is 5.94. The number of hydrogen-bond acceptors (Lipinski definition) is 3. The van der Waals surface area contributed by atoms with Crippen LogP contribution in [0.2, 0.25) is 0 Å². The number of nitrogens with zero attached hydrogens (tertiary/aromatic N) is 1. The van der Waals surface area contributed by atoms with Gasteiger partial charge in [-0.15, -0.1) is 0 Å². The van der Waals surface area contributed by atoms with Crippen LogP contribution in [0.1, 0.15) is 23.2 Å². The van der Waals surface area contributed by atoms with Gasteiger partial charge in [0, 0.05) is 31.6 Å². The van der Waals surface area contributed by atoms with Gasteiger partial charge in [0.1, 0.15) is 11.4 Å². The molecule has 0 radical (unpaired) electrons. The van der Waals surface area contributed by atoms with Crippen molar-refractivity contribution in [2.75, 3.05) is 13.2 Å². The Balaban J connectivity index is 2.10. The van der Waals surface area contributed by atoms with Gasteiger partial charge in [-0.25, -0.2) is 4.39 Å². The molecule has 5 heteroatoms. The molecule has 1 heterocycles. The Bertz CT molecular complexity index is 473.